The Bertz CT molecular complexity index is 5840. The third kappa shape index (κ3) is 8.91. The van der Waals surface area contributed by atoms with Crippen molar-refractivity contribution in [1.29, 1.82) is 0 Å². The van der Waals surface area contributed by atoms with Crippen LogP contribution in [0.3, 0.4) is 0 Å². The van der Waals surface area contributed by atoms with Crippen LogP contribution >= 0.6 is 0 Å². The van der Waals surface area contributed by atoms with E-state index in [2.05, 4.69) is 257 Å². The summed E-state index contributed by atoms with van der Waals surface area (Å²) in [5.74, 6) is 2.19. The lowest BCUT2D eigenvalue weighted by Crippen LogP contribution is -2.61. The molecule has 442 valence electrons. The van der Waals surface area contributed by atoms with Crippen LogP contribution in [-0.4, -0.2) is 36.2 Å². The summed E-state index contributed by atoms with van der Waals surface area (Å²) >= 11 is 0. The molecule has 0 radical (unpaired) electrons. The van der Waals surface area contributed by atoms with Gasteiger partial charge in [-0.15, -0.1) is 0 Å². The van der Waals surface area contributed by atoms with Gasteiger partial charge in [-0.2, -0.15) is 0 Å². The average molecular weight is 1210 g/mol. The quantitative estimate of drug-likeness (QED) is 0.125. The smallest absolute Gasteiger partial charge is 0.252 e. The second-order valence-electron chi connectivity index (χ2n) is 24.3. The molecule has 9 nitrogen and oxygen atoms in total. The molecule has 13 aromatic carbocycles. The first-order valence-electron chi connectivity index (χ1n) is 32.1. The van der Waals surface area contributed by atoms with Crippen LogP contribution in [0.25, 0.3) is 129 Å². The second kappa shape index (κ2) is 22.0. The molecule has 6 heterocycles. The largest absolute Gasteiger partial charge is 0.455 e. The summed E-state index contributed by atoms with van der Waals surface area (Å²) in [7, 11) is 0. The van der Waals surface area contributed by atoms with Gasteiger partial charge >= 0.3 is 0 Å². The van der Waals surface area contributed by atoms with Gasteiger partial charge in [0.1, 0.15) is 11.2 Å². The molecular formula is C85H53BN8O. The van der Waals surface area contributed by atoms with E-state index >= 15 is 0 Å². The minimum Gasteiger partial charge on any atom is -0.455 e. The minimum atomic E-state index is 0.0430. The highest BCUT2D eigenvalue weighted by atomic mass is 16.3. The number of hydrogen-bond acceptors (Lipinski definition) is 8. The van der Waals surface area contributed by atoms with E-state index in [1.54, 1.807) is 0 Å². The van der Waals surface area contributed by atoms with E-state index in [-0.39, 0.29) is 6.71 Å². The Morgan fingerprint density at radius 1 is 0.284 bits per heavy atom. The molecule has 0 amide bonds. The first kappa shape index (κ1) is 54.0. The van der Waals surface area contributed by atoms with Gasteiger partial charge in [0, 0.05) is 83.7 Å². The van der Waals surface area contributed by atoms with E-state index in [0.29, 0.717) is 23.3 Å². The zero-order valence-electron chi connectivity index (χ0n) is 51.2. The lowest BCUT2D eigenvalue weighted by Gasteiger charge is -2.44. The van der Waals surface area contributed by atoms with Crippen LogP contribution in [0.4, 0.5) is 34.1 Å². The van der Waals surface area contributed by atoms with Crippen molar-refractivity contribution in [2.24, 2.45) is 0 Å². The summed E-state index contributed by atoms with van der Waals surface area (Å²) in [4.78, 5) is 31.8. The fourth-order valence-electron chi connectivity index (χ4n) is 14.6. The van der Waals surface area contributed by atoms with Gasteiger partial charge in [0.25, 0.3) is 6.71 Å². The summed E-state index contributed by atoms with van der Waals surface area (Å²) in [5.41, 5.74) is 24.2. The van der Waals surface area contributed by atoms with Crippen LogP contribution in [0, 0.1) is 0 Å². The third-order valence-corrected chi connectivity index (χ3v) is 18.8. The van der Waals surface area contributed by atoms with E-state index in [1.165, 1.54) is 27.8 Å². The fourth-order valence-corrected chi connectivity index (χ4v) is 14.6. The number of hydrogen-bond donors (Lipinski definition) is 0. The van der Waals surface area contributed by atoms with E-state index in [4.69, 9.17) is 29.3 Å². The van der Waals surface area contributed by atoms with Crippen LogP contribution in [-0.2, 0) is 0 Å². The van der Waals surface area contributed by atoms with Crippen molar-refractivity contribution in [3.63, 3.8) is 0 Å². The summed E-state index contributed by atoms with van der Waals surface area (Å²) in [5, 5.41) is 4.23. The maximum Gasteiger partial charge on any atom is 0.252 e. The van der Waals surface area contributed by atoms with Crippen molar-refractivity contribution in [2.45, 2.75) is 0 Å². The van der Waals surface area contributed by atoms with E-state index < -0.39 is 0 Å². The summed E-state index contributed by atoms with van der Waals surface area (Å²) in [6, 6.07) is 114. The molecular weight excluding hydrogens is 1160 g/mol. The highest BCUT2D eigenvalue weighted by Gasteiger charge is 2.43. The van der Waals surface area contributed by atoms with Crippen molar-refractivity contribution in [3.8, 4) is 84.9 Å². The van der Waals surface area contributed by atoms with Crippen LogP contribution in [0.5, 0.6) is 0 Å². The van der Waals surface area contributed by atoms with Gasteiger partial charge in [0.15, 0.2) is 23.3 Å². The molecule has 0 unspecified atom stereocenters. The predicted molar refractivity (Wildman–Crippen MR) is 389 cm³/mol. The Morgan fingerprint density at radius 3 is 1.48 bits per heavy atom. The average Bonchev–Trinajstić information content (AvgIpc) is 1.36. The van der Waals surface area contributed by atoms with Crippen molar-refractivity contribution >= 4 is 101 Å². The minimum absolute atomic E-state index is 0.0430. The number of aromatic nitrogens is 6. The van der Waals surface area contributed by atoms with E-state index in [9.17, 15) is 0 Å². The molecule has 0 spiro atoms. The van der Waals surface area contributed by atoms with Gasteiger partial charge in [0.05, 0.1) is 33.5 Å². The molecule has 17 aromatic rings. The standard InChI is InChI=1S/C85H53BN8O/c1-5-24-54(25-6-1)69-53-70(59-32-21-30-57(50-59)58-31-22-35-62(51-58)93-74-42-19-16-39-68(74)86-67-38-15-18-41-73(67)92(61-33-11-4-12-34-61)76-43-23-44-77(93)80(76)86)88-85(87-69)66-52-60(84-90-82(55-26-7-2-8-27-55)89-83(91-84)56-28-9-3-10-29-56)46-48-72(66)94-71-40-17-13-37-65(71)79-75(94)49-47-64-63-36-14-20-45-78(63)95-81(64)79/h1-53H. The van der Waals surface area contributed by atoms with Gasteiger partial charge in [-0.1, -0.05) is 218 Å². The summed E-state index contributed by atoms with van der Waals surface area (Å²) in [6.07, 6.45) is 0. The molecule has 2 aliphatic rings. The van der Waals surface area contributed by atoms with Crippen molar-refractivity contribution in [3.05, 3.63) is 322 Å². The van der Waals surface area contributed by atoms with E-state index in [1.807, 2.05) is 78.9 Å². The lowest BCUT2D eigenvalue weighted by molar-refractivity contribution is 0.673. The van der Waals surface area contributed by atoms with E-state index in [0.717, 1.165) is 128 Å². The molecule has 10 heteroatoms. The maximum atomic E-state index is 6.82. The number of para-hydroxylation sites is 5. The zero-order chi connectivity index (χ0) is 62.5. The molecule has 2 aliphatic heterocycles. The molecule has 0 atom stereocenters. The monoisotopic (exact) mass is 1210 g/mol. The van der Waals surface area contributed by atoms with Crippen LogP contribution in [0.1, 0.15) is 0 Å². The molecule has 4 aromatic heterocycles. The van der Waals surface area contributed by atoms with Gasteiger partial charge < -0.3 is 18.8 Å². The third-order valence-electron chi connectivity index (χ3n) is 18.8. The normalized spacial score (nSPS) is 12.4. The Morgan fingerprint density at radius 2 is 0.789 bits per heavy atom. The Labute approximate surface area is 547 Å². The highest BCUT2D eigenvalue weighted by Crippen LogP contribution is 2.47. The Kier molecular flexibility index (Phi) is 12.5. The van der Waals surface area contributed by atoms with Crippen molar-refractivity contribution in [2.75, 3.05) is 9.80 Å². The van der Waals surface area contributed by atoms with Gasteiger partial charge in [-0.05, 0) is 131 Å². The Hall–Kier alpha value is -12.8. The number of furan rings is 1. The second-order valence-corrected chi connectivity index (χ2v) is 24.3. The molecule has 0 saturated heterocycles. The molecule has 0 fully saturated rings. The summed E-state index contributed by atoms with van der Waals surface area (Å²) < 4.78 is 9.16. The SMILES string of the molecule is c1ccc(-c2cc(-c3cccc(-c4cccc(N5c6ccccc6B6c7ccccc7N(c7ccccc7)c7cccc5c76)c4)c3)nc(-c3cc(-c4nc(-c5ccccc5)nc(-c5ccccc5)n4)ccc3-n3c4ccccc4c4c5oc6ccccc6c5ccc43)n2)cc1. The molecule has 19 rings (SSSR count). The number of benzene rings is 13. The maximum absolute atomic E-state index is 6.82. The summed E-state index contributed by atoms with van der Waals surface area (Å²) in [6.45, 7) is 0.0430. The molecule has 95 heavy (non-hydrogen) atoms. The van der Waals surface area contributed by atoms with Crippen molar-refractivity contribution < 1.29 is 4.42 Å². The fraction of sp³-hybridized carbons (Fsp3) is 0. The van der Waals surface area contributed by atoms with Crippen LogP contribution in [0.15, 0.2) is 326 Å². The van der Waals surface area contributed by atoms with Gasteiger partial charge in [-0.25, -0.2) is 24.9 Å². The van der Waals surface area contributed by atoms with Crippen LogP contribution < -0.4 is 26.2 Å². The number of rotatable bonds is 10. The molecule has 0 bridgehead atoms. The topological polar surface area (TPSA) is 89.0 Å². The molecule has 0 aliphatic carbocycles. The first-order chi connectivity index (χ1) is 47.1. The number of fused-ring (bicyclic) bond motifs is 11. The highest BCUT2D eigenvalue weighted by molar-refractivity contribution is 7.00. The molecule has 0 saturated carbocycles. The van der Waals surface area contributed by atoms with Gasteiger partial charge in [0.2, 0.25) is 0 Å². The number of nitrogens with zero attached hydrogens (tertiary/aromatic N) is 8. The lowest BCUT2D eigenvalue weighted by atomic mass is 9.33. The first-order valence-corrected chi connectivity index (χ1v) is 32.1. The van der Waals surface area contributed by atoms with Crippen molar-refractivity contribution in [1.82, 2.24) is 29.5 Å². The molecule has 0 N–H and O–H groups in total. The Balaban J connectivity index is 0.793. The van der Waals surface area contributed by atoms with Crippen LogP contribution in [0.2, 0.25) is 0 Å². The predicted octanol–water partition coefficient (Wildman–Crippen LogP) is 19.4. The zero-order valence-corrected chi connectivity index (χ0v) is 51.2. The number of anilines is 6. The van der Waals surface area contributed by atoms with Gasteiger partial charge in [-0.3, -0.25) is 0 Å².